The number of aromatic nitrogens is 1. The van der Waals surface area contributed by atoms with Crippen LogP contribution in [-0.4, -0.2) is 60.5 Å². The zero-order chi connectivity index (χ0) is 14.5. The van der Waals surface area contributed by atoms with E-state index in [4.69, 9.17) is 0 Å². The Labute approximate surface area is 136 Å². The van der Waals surface area contributed by atoms with Crippen molar-refractivity contribution >= 4 is 37.8 Å². The van der Waals surface area contributed by atoms with E-state index in [2.05, 4.69) is 42.2 Å². The van der Waals surface area contributed by atoms with Crippen LogP contribution in [0.3, 0.4) is 0 Å². The van der Waals surface area contributed by atoms with Gasteiger partial charge in [-0.05, 0) is 45.0 Å². The molecule has 1 fully saturated rings. The van der Waals surface area contributed by atoms with Gasteiger partial charge in [0.2, 0.25) is 5.91 Å². The smallest absolute Gasteiger partial charge is 0.236 e. The van der Waals surface area contributed by atoms with Crippen LogP contribution < -0.4 is 5.32 Å². The second-order valence-electron chi connectivity index (χ2n) is 4.89. The van der Waals surface area contributed by atoms with Gasteiger partial charge in [0.25, 0.3) is 0 Å². The van der Waals surface area contributed by atoms with Gasteiger partial charge in [-0.25, -0.2) is 0 Å². The van der Waals surface area contributed by atoms with Crippen LogP contribution in [-0.2, 0) is 11.3 Å². The van der Waals surface area contributed by atoms with Crippen molar-refractivity contribution in [3.05, 3.63) is 26.9 Å². The van der Waals surface area contributed by atoms with Crippen LogP contribution in [0.2, 0.25) is 0 Å². The summed E-state index contributed by atoms with van der Waals surface area (Å²) in [7, 11) is 1.94. The average Bonchev–Trinajstić information content (AvgIpc) is 2.43. The van der Waals surface area contributed by atoms with E-state index in [1.165, 1.54) is 0 Å². The maximum Gasteiger partial charge on any atom is 0.236 e. The third-order valence-corrected chi connectivity index (χ3v) is 4.30. The van der Waals surface area contributed by atoms with E-state index in [0.29, 0.717) is 13.1 Å². The minimum Gasteiger partial charge on any atom is -0.339 e. The van der Waals surface area contributed by atoms with Gasteiger partial charge >= 0.3 is 0 Å². The summed E-state index contributed by atoms with van der Waals surface area (Å²) in [5.41, 5.74) is 0.934. The highest BCUT2D eigenvalue weighted by atomic mass is 79.9. The number of carbonyl (C=O) groups excluding carboxylic acids is 1. The molecule has 1 aliphatic rings. The van der Waals surface area contributed by atoms with Gasteiger partial charge in [0.05, 0.1) is 12.2 Å². The molecule has 0 bridgehead atoms. The number of carbonyl (C=O) groups is 1. The number of likely N-dealkylation sites (N-methyl/N-ethyl adjacent to an activating group) is 1. The molecule has 2 heterocycles. The SMILES string of the molecule is CN(CC(=O)N1CCNCC1)Cc1ncc(Br)cc1Br. The molecule has 7 heteroatoms. The number of amides is 1. The lowest BCUT2D eigenvalue weighted by molar-refractivity contribution is -0.132. The van der Waals surface area contributed by atoms with Crippen molar-refractivity contribution in [3.63, 3.8) is 0 Å². The lowest BCUT2D eigenvalue weighted by Crippen LogP contribution is -2.49. The molecule has 0 spiro atoms. The quantitative estimate of drug-likeness (QED) is 0.823. The minimum absolute atomic E-state index is 0.183. The molecule has 1 N–H and O–H groups in total. The molecule has 0 radical (unpaired) electrons. The molecule has 0 aromatic carbocycles. The number of piperazine rings is 1. The lowest BCUT2D eigenvalue weighted by atomic mass is 10.3. The number of rotatable bonds is 4. The largest absolute Gasteiger partial charge is 0.339 e. The maximum absolute atomic E-state index is 12.2. The first kappa shape index (κ1) is 15.9. The molecule has 1 aromatic rings. The number of nitrogens with zero attached hydrogens (tertiary/aromatic N) is 3. The van der Waals surface area contributed by atoms with E-state index in [0.717, 1.165) is 40.8 Å². The summed E-state index contributed by atoms with van der Waals surface area (Å²) in [6, 6.07) is 1.97. The Kier molecular flexibility index (Phi) is 5.95. The Morgan fingerprint density at radius 2 is 2.15 bits per heavy atom. The van der Waals surface area contributed by atoms with Crippen LogP contribution >= 0.6 is 31.9 Å². The van der Waals surface area contributed by atoms with Crippen molar-refractivity contribution < 1.29 is 4.79 Å². The topological polar surface area (TPSA) is 48.5 Å². The monoisotopic (exact) mass is 404 g/mol. The van der Waals surface area contributed by atoms with Crippen LogP contribution in [0.4, 0.5) is 0 Å². The Hall–Kier alpha value is -0.500. The number of nitrogens with one attached hydrogen (secondary N) is 1. The third kappa shape index (κ3) is 4.51. The Balaban J connectivity index is 1.88. The summed E-state index contributed by atoms with van der Waals surface area (Å²) >= 11 is 6.88. The van der Waals surface area contributed by atoms with E-state index in [1.54, 1.807) is 6.20 Å². The molecule has 1 aliphatic heterocycles. The summed E-state index contributed by atoms with van der Waals surface area (Å²) < 4.78 is 1.89. The molecule has 0 aliphatic carbocycles. The molecule has 2 rings (SSSR count). The molecular weight excluding hydrogens is 388 g/mol. The van der Waals surface area contributed by atoms with Crippen molar-refractivity contribution in [2.24, 2.45) is 0 Å². The van der Waals surface area contributed by atoms with Gasteiger partial charge in [-0.15, -0.1) is 0 Å². The Bertz CT molecular complexity index is 477. The number of halogens is 2. The second kappa shape index (κ2) is 7.49. The first-order chi connectivity index (χ1) is 9.56. The van der Waals surface area contributed by atoms with Gasteiger partial charge in [-0.3, -0.25) is 14.7 Å². The summed E-state index contributed by atoms with van der Waals surface area (Å²) in [5.74, 6) is 0.183. The minimum atomic E-state index is 0.183. The van der Waals surface area contributed by atoms with Gasteiger partial charge in [-0.2, -0.15) is 0 Å². The summed E-state index contributed by atoms with van der Waals surface area (Å²) in [6.07, 6.45) is 1.77. The van der Waals surface area contributed by atoms with Crippen molar-refractivity contribution in [2.75, 3.05) is 39.8 Å². The van der Waals surface area contributed by atoms with Crippen LogP contribution in [0.15, 0.2) is 21.2 Å². The highest BCUT2D eigenvalue weighted by Crippen LogP contribution is 2.20. The van der Waals surface area contributed by atoms with Crippen LogP contribution in [0.5, 0.6) is 0 Å². The van der Waals surface area contributed by atoms with Crippen LogP contribution in [0.25, 0.3) is 0 Å². The maximum atomic E-state index is 12.2. The predicted octanol–water partition coefficient (Wildman–Crippen LogP) is 1.47. The standard InChI is InChI=1S/C13H18Br2N4O/c1-18(8-12-11(15)6-10(14)7-17-12)9-13(20)19-4-2-16-3-5-19/h6-7,16H,2-5,8-9H2,1H3. The highest BCUT2D eigenvalue weighted by molar-refractivity contribution is 9.11. The molecule has 1 saturated heterocycles. The molecule has 20 heavy (non-hydrogen) atoms. The number of hydrogen-bond donors (Lipinski definition) is 1. The molecule has 1 aromatic heterocycles. The first-order valence-electron chi connectivity index (χ1n) is 6.53. The lowest BCUT2D eigenvalue weighted by Gasteiger charge is -2.29. The van der Waals surface area contributed by atoms with Gasteiger partial charge in [0, 0.05) is 47.9 Å². The highest BCUT2D eigenvalue weighted by Gasteiger charge is 2.18. The van der Waals surface area contributed by atoms with E-state index >= 15 is 0 Å². The molecule has 1 amide bonds. The van der Waals surface area contributed by atoms with Crippen LogP contribution in [0, 0.1) is 0 Å². The third-order valence-electron chi connectivity index (χ3n) is 3.18. The van der Waals surface area contributed by atoms with Gasteiger partial charge < -0.3 is 10.2 Å². The first-order valence-corrected chi connectivity index (χ1v) is 8.12. The van der Waals surface area contributed by atoms with E-state index in [-0.39, 0.29) is 5.91 Å². The zero-order valence-corrected chi connectivity index (χ0v) is 14.6. The van der Waals surface area contributed by atoms with E-state index < -0.39 is 0 Å². The van der Waals surface area contributed by atoms with Crippen molar-refractivity contribution in [2.45, 2.75) is 6.54 Å². The molecular formula is C13H18Br2N4O. The van der Waals surface area contributed by atoms with E-state index in [9.17, 15) is 4.79 Å². The predicted molar refractivity (Wildman–Crippen MR) is 85.4 cm³/mol. The van der Waals surface area contributed by atoms with Gasteiger partial charge in [-0.1, -0.05) is 0 Å². The molecule has 0 unspecified atom stereocenters. The van der Waals surface area contributed by atoms with Crippen molar-refractivity contribution in [3.8, 4) is 0 Å². The fourth-order valence-corrected chi connectivity index (χ4v) is 3.23. The van der Waals surface area contributed by atoms with Crippen LogP contribution in [0.1, 0.15) is 5.69 Å². The summed E-state index contributed by atoms with van der Waals surface area (Å²) in [4.78, 5) is 20.4. The molecule has 5 nitrogen and oxygen atoms in total. The van der Waals surface area contributed by atoms with Gasteiger partial charge in [0.15, 0.2) is 0 Å². The molecule has 0 atom stereocenters. The zero-order valence-electron chi connectivity index (χ0n) is 11.4. The number of hydrogen-bond acceptors (Lipinski definition) is 4. The van der Waals surface area contributed by atoms with Gasteiger partial charge in [0.1, 0.15) is 0 Å². The molecule has 0 saturated carbocycles. The normalized spacial score (nSPS) is 15.7. The van der Waals surface area contributed by atoms with Crippen molar-refractivity contribution in [1.29, 1.82) is 0 Å². The van der Waals surface area contributed by atoms with Crippen molar-refractivity contribution in [1.82, 2.24) is 20.1 Å². The second-order valence-corrected chi connectivity index (χ2v) is 6.66. The molecule has 110 valence electrons. The number of pyridine rings is 1. The average molecular weight is 406 g/mol. The van der Waals surface area contributed by atoms with E-state index in [1.807, 2.05) is 22.9 Å². The fourth-order valence-electron chi connectivity index (χ4n) is 2.12. The Morgan fingerprint density at radius 3 is 2.80 bits per heavy atom. The fraction of sp³-hybridized carbons (Fsp3) is 0.538. The summed E-state index contributed by atoms with van der Waals surface area (Å²) in [5, 5.41) is 3.25. The summed E-state index contributed by atoms with van der Waals surface area (Å²) in [6.45, 7) is 4.43. The Morgan fingerprint density at radius 1 is 1.45 bits per heavy atom.